The van der Waals surface area contributed by atoms with Crippen molar-refractivity contribution in [2.45, 2.75) is 26.3 Å². The Kier molecular flexibility index (Phi) is 4.15. The lowest BCUT2D eigenvalue weighted by atomic mass is 10.1. The van der Waals surface area contributed by atoms with Gasteiger partial charge < -0.3 is 5.32 Å². The van der Waals surface area contributed by atoms with Gasteiger partial charge in [0.25, 0.3) is 0 Å². The van der Waals surface area contributed by atoms with Crippen molar-refractivity contribution >= 4 is 0 Å². The lowest BCUT2D eigenvalue weighted by Crippen LogP contribution is -2.22. The summed E-state index contributed by atoms with van der Waals surface area (Å²) in [4.78, 5) is 4.36. The molecule has 0 radical (unpaired) electrons. The minimum absolute atomic E-state index is 0.186. The van der Waals surface area contributed by atoms with Gasteiger partial charge in [-0.05, 0) is 25.1 Å². The SMILES string of the molecule is C#CCC(NCC)c1ncccc1C. The van der Waals surface area contributed by atoms with E-state index in [0.29, 0.717) is 6.42 Å². The zero-order valence-corrected chi connectivity index (χ0v) is 8.75. The van der Waals surface area contributed by atoms with Crippen LogP contribution in [0, 0.1) is 19.3 Å². The molecule has 1 rings (SSSR count). The van der Waals surface area contributed by atoms with Gasteiger partial charge in [0, 0.05) is 12.6 Å². The molecule has 0 aromatic carbocycles. The molecule has 0 spiro atoms. The Hall–Kier alpha value is -1.33. The zero-order valence-electron chi connectivity index (χ0n) is 8.75. The number of rotatable bonds is 4. The fourth-order valence-electron chi connectivity index (χ4n) is 1.49. The van der Waals surface area contributed by atoms with Crippen molar-refractivity contribution in [1.82, 2.24) is 10.3 Å². The molecule has 2 heteroatoms. The Labute approximate surface area is 85.8 Å². The van der Waals surface area contributed by atoms with E-state index in [1.54, 1.807) is 0 Å². The molecule has 2 nitrogen and oxygen atoms in total. The summed E-state index contributed by atoms with van der Waals surface area (Å²) < 4.78 is 0. The summed E-state index contributed by atoms with van der Waals surface area (Å²) in [6.07, 6.45) is 7.82. The summed E-state index contributed by atoms with van der Waals surface area (Å²) in [7, 11) is 0. The average molecular weight is 188 g/mol. The number of hydrogen-bond donors (Lipinski definition) is 1. The van der Waals surface area contributed by atoms with Gasteiger partial charge >= 0.3 is 0 Å². The zero-order chi connectivity index (χ0) is 10.4. The summed E-state index contributed by atoms with van der Waals surface area (Å²) >= 11 is 0. The van der Waals surface area contributed by atoms with Gasteiger partial charge in [0.05, 0.1) is 11.7 Å². The Morgan fingerprint density at radius 2 is 2.43 bits per heavy atom. The number of aryl methyl sites for hydroxylation is 1. The van der Waals surface area contributed by atoms with E-state index >= 15 is 0 Å². The summed E-state index contributed by atoms with van der Waals surface area (Å²) in [6.45, 7) is 5.04. The molecule has 0 aliphatic heterocycles. The lowest BCUT2D eigenvalue weighted by Gasteiger charge is -2.16. The van der Waals surface area contributed by atoms with Crippen LogP contribution in [0.4, 0.5) is 0 Å². The maximum Gasteiger partial charge on any atom is 0.0612 e. The largest absolute Gasteiger partial charge is 0.308 e. The van der Waals surface area contributed by atoms with E-state index in [-0.39, 0.29) is 6.04 Å². The molecule has 74 valence electrons. The van der Waals surface area contributed by atoms with Crippen LogP contribution in [-0.4, -0.2) is 11.5 Å². The second-order valence-corrected chi connectivity index (χ2v) is 3.22. The fourth-order valence-corrected chi connectivity index (χ4v) is 1.49. The fraction of sp³-hybridized carbons (Fsp3) is 0.417. The van der Waals surface area contributed by atoms with Crippen molar-refractivity contribution in [1.29, 1.82) is 0 Å². The van der Waals surface area contributed by atoms with Crippen LogP contribution in [0.5, 0.6) is 0 Å². The molecule has 1 heterocycles. The first-order chi connectivity index (χ1) is 6.79. The highest BCUT2D eigenvalue weighted by molar-refractivity contribution is 5.22. The molecule has 0 saturated carbocycles. The average Bonchev–Trinajstić information content (AvgIpc) is 2.18. The lowest BCUT2D eigenvalue weighted by molar-refractivity contribution is 0.548. The molecule has 1 aromatic heterocycles. The quantitative estimate of drug-likeness (QED) is 0.732. The maximum atomic E-state index is 5.33. The summed E-state index contributed by atoms with van der Waals surface area (Å²) in [5.41, 5.74) is 2.25. The molecule has 0 aliphatic carbocycles. The minimum atomic E-state index is 0.186. The van der Waals surface area contributed by atoms with Gasteiger partial charge in [-0.25, -0.2) is 0 Å². The molecule has 14 heavy (non-hydrogen) atoms. The first kappa shape index (κ1) is 10.7. The van der Waals surface area contributed by atoms with Crippen molar-refractivity contribution in [2.75, 3.05) is 6.54 Å². The first-order valence-corrected chi connectivity index (χ1v) is 4.88. The molecule has 1 atom stereocenters. The third-order valence-electron chi connectivity index (χ3n) is 2.15. The normalized spacial score (nSPS) is 12.1. The second-order valence-electron chi connectivity index (χ2n) is 3.22. The molecular weight excluding hydrogens is 172 g/mol. The molecule has 0 bridgehead atoms. The predicted octanol–water partition coefficient (Wildman–Crippen LogP) is 2.06. The summed E-state index contributed by atoms with van der Waals surface area (Å²) in [5, 5.41) is 3.34. The van der Waals surface area contributed by atoms with Crippen molar-refractivity contribution in [3.63, 3.8) is 0 Å². The molecule has 0 amide bonds. The van der Waals surface area contributed by atoms with Crippen LogP contribution in [0.25, 0.3) is 0 Å². The number of nitrogens with one attached hydrogen (secondary N) is 1. The minimum Gasteiger partial charge on any atom is -0.308 e. The van der Waals surface area contributed by atoms with Crippen molar-refractivity contribution < 1.29 is 0 Å². The van der Waals surface area contributed by atoms with Crippen LogP contribution < -0.4 is 5.32 Å². The van der Waals surface area contributed by atoms with E-state index in [1.165, 1.54) is 5.56 Å². The summed E-state index contributed by atoms with van der Waals surface area (Å²) in [5.74, 6) is 2.68. The Morgan fingerprint density at radius 1 is 1.64 bits per heavy atom. The third kappa shape index (κ3) is 2.58. The van der Waals surface area contributed by atoms with Gasteiger partial charge in [-0.1, -0.05) is 13.0 Å². The molecule has 1 aromatic rings. The van der Waals surface area contributed by atoms with E-state index in [0.717, 1.165) is 12.2 Å². The number of nitrogens with zero attached hydrogens (tertiary/aromatic N) is 1. The van der Waals surface area contributed by atoms with Crippen molar-refractivity contribution in [3.05, 3.63) is 29.6 Å². The number of pyridine rings is 1. The highest BCUT2D eigenvalue weighted by atomic mass is 14.9. The third-order valence-corrected chi connectivity index (χ3v) is 2.15. The van der Waals surface area contributed by atoms with E-state index in [9.17, 15) is 0 Å². The van der Waals surface area contributed by atoms with Crippen LogP contribution in [0.3, 0.4) is 0 Å². The van der Waals surface area contributed by atoms with E-state index in [2.05, 4.69) is 36.1 Å². The molecular formula is C12H16N2. The second kappa shape index (κ2) is 5.41. The van der Waals surface area contributed by atoms with Gasteiger partial charge in [0.2, 0.25) is 0 Å². The van der Waals surface area contributed by atoms with Crippen molar-refractivity contribution in [2.24, 2.45) is 0 Å². The molecule has 1 unspecified atom stereocenters. The van der Waals surface area contributed by atoms with Gasteiger partial charge in [-0.3, -0.25) is 4.98 Å². The molecule has 0 aliphatic rings. The van der Waals surface area contributed by atoms with E-state index in [1.807, 2.05) is 12.3 Å². The monoisotopic (exact) mass is 188 g/mol. The first-order valence-electron chi connectivity index (χ1n) is 4.88. The number of terminal acetylenes is 1. The molecule has 1 N–H and O–H groups in total. The van der Waals surface area contributed by atoms with Gasteiger partial charge in [-0.2, -0.15) is 0 Å². The highest BCUT2D eigenvalue weighted by Crippen LogP contribution is 2.16. The molecule has 0 saturated heterocycles. The van der Waals surface area contributed by atoms with Crippen molar-refractivity contribution in [3.8, 4) is 12.3 Å². The topological polar surface area (TPSA) is 24.9 Å². The Morgan fingerprint density at radius 3 is 3.00 bits per heavy atom. The molecule has 0 fully saturated rings. The van der Waals surface area contributed by atoms with Crippen LogP contribution >= 0.6 is 0 Å². The van der Waals surface area contributed by atoms with E-state index in [4.69, 9.17) is 6.42 Å². The number of aromatic nitrogens is 1. The maximum absolute atomic E-state index is 5.33. The van der Waals surface area contributed by atoms with Crippen LogP contribution in [0.15, 0.2) is 18.3 Å². The van der Waals surface area contributed by atoms with Gasteiger partial charge in [-0.15, -0.1) is 12.3 Å². The van der Waals surface area contributed by atoms with Crippen LogP contribution in [-0.2, 0) is 0 Å². The van der Waals surface area contributed by atoms with Gasteiger partial charge in [0.15, 0.2) is 0 Å². The Balaban J connectivity index is 2.88. The van der Waals surface area contributed by atoms with Crippen LogP contribution in [0.1, 0.15) is 30.6 Å². The van der Waals surface area contributed by atoms with Gasteiger partial charge in [0.1, 0.15) is 0 Å². The Bertz CT molecular complexity index is 325. The predicted molar refractivity (Wildman–Crippen MR) is 58.8 cm³/mol. The summed E-state index contributed by atoms with van der Waals surface area (Å²) in [6, 6.07) is 4.19. The highest BCUT2D eigenvalue weighted by Gasteiger charge is 2.11. The standard InChI is InChI=1S/C12H16N2/c1-4-7-11(13-5-2)12-10(3)8-6-9-14-12/h1,6,8-9,11,13H,5,7H2,2-3H3. The number of hydrogen-bond acceptors (Lipinski definition) is 2. The smallest absolute Gasteiger partial charge is 0.0612 e. The van der Waals surface area contributed by atoms with Crippen LogP contribution in [0.2, 0.25) is 0 Å². The van der Waals surface area contributed by atoms with E-state index < -0.39 is 0 Å².